The van der Waals surface area contributed by atoms with E-state index in [9.17, 15) is 0 Å². The molecule has 0 saturated heterocycles. The first kappa shape index (κ1) is 23.2. The predicted octanol–water partition coefficient (Wildman–Crippen LogP) is 7.27. The second-order valence-corrected chi connectivity index (χ2v) is 9.67. The van der Waals surface area contributed by atoms with Crippen LogP contribution in [0.15, 0.2) is 24.3 Å². The van der Waals surface area contributed by atoms with Crippen molar-refractivity contribution in [3.8, 4) is 0 Å². The molecule has 0 amide bonds. The lowest BCUT2D eigenvalue weighted by Gasteiger charge is -2.20. The molecular weight excluding hydrogens is 355 g/mol. The van der Waals surface area contributed by atoms with Crippen LogP contribution < -0.4 is 10.6 Å². The maximum absolute atomic E-state index is 2.47. The summed E-state index contributed by atoms with van der Waals surface area (Å²) in [5, 5.41) is 3.13. The van der Waals surface area contributed by atoms with Crippen molar-refractivity contribution in [1.82, 2.24) is 0 Å². The Morgan fingerprint density at radius 3 is 1.82 bits per heavy atom. The van der Waals surface area contributed by atoms with Gasteiger partial charge >= 0.3 is 0 Å². The first-order chi connectivity index (χ1) is 13.5. The Morgan fingerprint density at radius 2 is 1.18 bits per heavy atom. The number of aryl methyl sites for hydroxylation is 2. The van der Waals surface area contributed by atoms with Gasteiger partial charge in [0.1, 0.15) is 0 Å². The van der Waals surface area contributed by atoms with Crippen LogP contribution in [0.4, 0.5) is 0 Å². The van der Waals surface area contributed by atoms with Crippen molar-refractivity contribution in [3.05, 3.63) is 57.6 Å². The van der Waals surface area contributed by atoms with Crippen LogP contribution in [0.1, 0.15) is 92.7 Å². The number of hydrogen-bond acceptors (Lipinski definition) is 0. The Kier molecular flexibility index (Phi) is 9.73. The molecule has 0 N–H and O–H groups in total. The van der Waals surface area contributed by atoms with Crippen LogP contribution >= 0.6 is 8.58 Å². The molecule has 0 aliphatic heterocycles. The van der Waals surface area contributed by atoms with Crippen molar-refractivity contribution >= 4 is 19.2 Å². The van der Waals surface area contributed by atoms with Gasteiger partial charge in [-0.15, -0.1) is 0 Å². The van der Waals surface area contributed by atoms with Gasteiger partial charge in [-0.2, -0.15) is 0 Å². The molecule has 0 nitrogen and oxygen atoms in total. The second kappa shape index (κ2) is 11.8. The standard InChI is InChI=1S/C27H41P/c1-7-10-13-23-17-19-27(25(15-12-9-3)24(23)14-11-8-2)28-26-18-16-20(4)21(5)22(26)6/h16-19,28H,7-15H2,1-6H3. The normalized spacial score (nSPS) is 11.6. The summed E-state index contributed by atoms with van der Waals surface area (Å²) >= 11 is 0. The lowest BCUT2D eigenvalue weighted by molar-refractivity contribution is 0.737. The van der Waals surface area contributed by atoms with Gasteiger partial charge in [0.2, 0.25) is 0 Å². The molecule has 0 saturated carbocycles. The highest BCUT2D eigenvalue weighted by atomic mass is 31.1. The zero-order valence-corrected chi connectivity index (χ0v) is 20.2. The summed E-state index contributed by atoms with van der Waals surface area (Å²) in [5.74, 6) is 0. The van der Waals surface area contributed by atoms with E-state index in [1.807, 2.05) is 0 Å². The number of benzene rings is 2. The summed E-state index contributed by atoms with van der Waals surface area (Å²) in [7, 11) is 0.779. The van der Waals surface area contributed by atoms with Crippen LogP contribution in [-0.2, 0) is 19.3 Å². The van der Waals surface area contributed by atoms with E-state index in [2.05, 4.69) is 65.8 Å². The summed E-state index contributed by atoms with van der Waals surface area (Å²) < 4.78 is 0. The first-order valence-electron chi connectivity index (χ1n) is 11.5. The Balaban J connectivity index is 2.48. The third kappa shape index (κ3) is 5.93. The monoisotopic (exact) mass is 396 g/mol. The third-order valence-electron chi connectivity index (χ3n) is 6.22. The second-order valence-electron chi connectivity index (χ2n) is 8.35. The van der Waals surface area contributed by atoms with E-state index in [-0.39, 0.29) is 0 Å². The molecule has 0 spiro atoms. The highest BCUT2D eigenvalue weighted by Gasteiger charge is 2.15. The molecule has 0 radical (unpaired) electrons. The van der Waals surface area contributed by atoms with Crippen molar-refractivity contribution in [2.75, 3.05) is 0 Å². The molecule has 2 rings (SSSR count). The maximum Gasteiger partial charge on any atom is -0.0191 e. The van der Waals surface area contributed by atoms with Gasteiger partial charge in [0.05, 0.1) is 0 Å². The zero-order valence-electron chi connectivity index (χ0n) is 19.2. The van der Waals surface area contributed by atoms with Gasteiger partial charge in [-0.3, -0.25) is 0 Å². The van der Waals surface area contributed by atoms with Gasteiger partial charge in [0.25, 0.3) is 0 Å². The molecule has 0 fully saturated rings. The third-order valence-corrected chi connectivity index (χ3v) is 7.76. The smallest absolute Gasteiger partial charge is 0.0191 e. The minimum absolute atomic E-state index is 0.779. The molecule has 1 unspecified atom stereocenters. The summed E-state index contributed by atoms with van der Waals surface area (Å²) in [5.41, 5.74) is 9.40. The number of unbranched alkanes of at least 4 members (excludes halogenated alkanes) is 3. The first-order valence-corrected chi connectivity index (χ1v) is 12.5. The lowest BCUT2D eigenvalue weighted by atomic mass is 9.91. The van der Waals surface area contributed by atoms with E-state index in [0.717, 1.165) is 8.58 Å². The lowest BCUT2D eigenvalue weighted by Crippen LogP contribution is -2.16. The quantitative estimate of drug-likeness (QED) is 0.350. The molecule has 1 atom stereocenters. The fourth-order valence-corrected chi connectivity index (χ4v) is 5.43. The number of hydrogen-bond donors (Lipinski definition) is 0. The average molecular weight is 397 g/mol. The van der Waals surface area contributed by atoms with Crippen LogP contribution in [0.5, 0.6) is 0 Å². The largest absolute Gasteiger partial charge is 0.0654 e. The fourth-order valence-electron chi connectivity index (χ4n) is 4.00. The van der Waals surface area contributed by atoms with Crippen molar-refractivity contribution in [3.63, 3.8) is 0 Å². The molecule has 28 heavy (non-hydrogen) atoms. The van der Waals surface area contributed by atoms with E-state index in [4.69, 9.17) is 0 Å². The van der Waals surface area contributed by atoms with Gasteiger partial charge in [-0.1, -0.05) is 72.9 Å². The molecule has 0 aromatic heterocycles. The average Bonchev–Trinajstić information content (AvgIpc) is 2.70. The molecule has 0 bridgehead atoms. The molecule has 0 aliphatic rings. The van der Waals surface area contributed by atoms with E-state index in [1.165, 1.54) is 79.8 Å². The Labute approximate surface area is 176 Å². The summed E-state index contributed by atoms with van der Waals surface area (Å²) in [4.78, 5) is 0. The summed E-state index contributed by atoms with van der Waals surface area (Å²) in [6, 6.07) is 9.62. The zero-order chi connectivity index (χ0) is 20.5. The fraction of sp³-hybridized carbons (Fsp3) is 0.556. The predicted molar refractivity (Wildman–Crippen MR) is 131 cm³/mol. The molecule has 0 aliphatic carbocycles. The van der Waals surface area contributed by atoms with Crippen LogP contribution in [0, 0.1) is 20.8 Å². The van der Waals surface area contributed by atoms with E-state index < -0.39 is 0 Å². The van der Waals surface area contributed by atoms with Crippen LogP contribution in [0.3, 0.4) is 0 Å². The van der Waals surface area contributed by atoms with Gasteiger partial charge in [-0.05, 0) is 103 Å². The molecule has 154 valence electrons. The van der Waals surface area contributed by atoms with Crippen LogP contribution in [0.2, 0.25) is 0 Å². The molecular formula is C27H41P. The van der Waals surface area contributed by atoms with Crippen molar-refractivity contribution < 1.29 is 0 Å². The van der Waals surface area contributed by atoms with Crippen molar-refractivity contribution in [2.45, 2.75) is 99.3 Å². The van der Waals surface area contributed by atoms with Crippen molar-refractivity contribution in [1.29, 1.82) is 0 Å². The highest BCUT2D eigenvalue weighted by molar-refractivity contribution is 7.55. The minimum Gasteiger partial charge on any atom is -0.0654 e. The van der Waals surface area contributed by atoms with Gasteiger partial charge < -0.3 is 0 Å². The van der Waals surface area contributed by atoms with E-state index >= 15 is 0 Å². The summed E-state index contributed by atoms with van der Waals surface area (Å²) in [6.45, 7) is 13.8. The van der Waals surface area contributed by atoms with Gasteiger partial charge in [0.15, 0.2) is 0 Å². The van der Waals surface area contributed by atoms with E-state index in [1.54, 1.807) is 22.0 Å². The minimum atomic E-state index is 0.779. The Bertz CT molecular complexity index is 757. The van der Waals surface area contributed by atoms with E-state index in [0.29, 0.717) is 0 Å². The Hall–Kier alpha value is -1.13. The molecule has 0 heterocycles. The highest BCUT2D eigenvalue weighted by Crippen LogP contribution is 2.27. The summed E-state index contributed by atoms with van der Waals surface area (Å²) in [6.07, 6.45) is 11.5. The number of rotatable bonds is 11. The maximum atomic E-state index is 2.47. The SMILES string of the molecule is CCCCc1ccc(Pc2ccc(C)c(C)c2C)c(CCCC)c1CCCC. The van der Waals surface area contributed by atoms with Gasteiger partial charge in [-0.25, -0.2) is 0 Å². The van der Waals surface area contributed by atoms with Crippen LogP contribution in [-0.4, -0.2) is 0 Å². The van der Waals surface area contributed by atoms with Gasteiger partial charge in [0, 0.05) is 0 Å². The Morgan fingerprint density at radius 1 is 0.607 bits per heavy atom. The molecule has 2 aromatic rings. The molecule has 1 heteroatoms. The van der Waals surface area contributed by atoms with Crippen LogP contribution in [0.25, 0.3) is 0 Å². The topological polar surface area (TPSA) is 0 Å². The molecule has 2 aromatic carbocycles. The van der Waals surface area contributed by atoms with Crippen molar-refractivity contribution in [2.24, 2.45) is 0 Å².